The topological polar surface area (TPSA) is 58.6 Å². The van der Waals surface area contributed by atoms with Crippen molar-refractivity contribution in [2.45, 2.75) is 38.8 Å². The second kappa shape index (κ2) is 14.0. The molecule has 1 N–H and O–H groups in total. The zero-order valence-electron chi connectivity index (χ0n) is 20.2. The molecule has 0 heterocycles. The first kappa shape index (κ1) is 26.1. The van der Waals surface area contributed by atoms with Crippen molar-refractivity contribution in [1.82, 2.24) is 10.2 Å². The summed E-state index contributed by atoms with van der Waals surface area (Å²) < 4.78 is 18.9. The van der Waals surface area contributed by atoms with Gasteiger partial charge in [0.15, 0.2) is 0 Å². The summed E-state index contributed by atoms with van der Waals surface area (Å²) >= 11 is 0. The molecule has 0 aliphatic carbocycles. The summed E-state index contributed by atoms with van der Waals surface area (Å²) in [4.78, 5) is 28.6. The highest BCUT2D eigenvalue weighted by atomic mass is 19.1. The van der Waals surface area contributed by atoms with E-state index in [-0.39, 0.29) is 30.6 Å². The molecule has 0 radical (unpaired) electrons. The minimum Gasteiger partial charge on any atom is -0.382 e. The number of hydrogen-bond acceptors (Lipinski definition) is 3. The summed E-state index contributed by atoms with van der Waals surface area (Å²) in [6.07, 6.45) is 1.50. The molecule has 3 rings (SSSR count). The Morgan fingerprint density at radius 2 is 1.57 bits per heavy atom. The fraction of sp³-hybridized carbons (Fsp3) is 0.310. The van der Waals surface area contributed by atoms with Gasteiger partial charge in [0, 0.05) is 32.7 Å². The van der Waals surface area contributed by atoms with Crippen molar-refractivity contribution in [2.75, 3.05) is 19.8 Å². The van der Waals surface area contributed by atoms with Crippen LogP contribution in [0.15, 0.2) is 84.9 Å². The molecule has 3 aromatic carbocycles. The van der Waals surface area contributed by atoms with Crippen LogP contribution >= 0.6 is 0 Å². The van der Waals surface area contributed by atoms with E-state index in [2.05, 4.69) is 5.32 Å². The standard InChI is InChI=1S/C29H33FN2O3/c1-2-35-21-9-20-31-29(34)28(25-12-7-4-8-13-25)32(22-24-14-17-26(30)18-15-24)27(33)19-16-23-10-5-3-6-11-23/h3-8,10-15,17-18,28H,2,9,16,19-22H2,1H3,(H,31,34). The van der Waals surface area contributed by atoms with Gasteiger partial charge in [-0.25, -0.2) is 4.39 Å². The number of nitrogens with zero attached hydrogens (tertiary/aromatic N) is 1. The summed E-state index contributed by atoms with van der Waals surface area (Å²) in [6.45, 7) is 3.76. The lowest BCUT2D eigenvalue weighted by Gasteiger charge is -2.32. The van der Waals surface area contributed by atoms with Gasteiger partial charge in [0.1, 0.15) is 11.9 Å². The van der Waals surface area contributed by atoms with Gasteiger partial charge in [-0.15, -0.1) is 0 Å². The Bertz CT molecular complexity index is 1040. The molecule has 6 heteroatoms. The monoisotopic (exact) mass is 476 g/mol. The average molecular weight is 477 g/mol. The summed E-state index contributed by atoms with van der Waals surface area (Å²) in [6, 6.07) is 24.3. The second-order valence-corrected chi connectivity index (χ2v) is 8.29. The van der Waals surface area contributed by atoms with Crippen LogP contribution in [0.1, 0.15) is 42.5 Å². The lowest BCUT2D eigenvalue weighted by molar-refractivity contribution is -0.141. The number of amides is 2. The molecule has 0 bridgehead atoms. The lowest BCUT2D eigenvalue weighted by atomic mass is 10.0. The van der Waals surface area contributed by atoms with Crippen molar-refractivity contribution >= 4 is 11.8 Å². The number of nitrogens with one attached hydrogen (secondary N) is 1. The van der Waals surface area contributed by atoms with Crippen molar-refractivity contribution in [3.63, 3.8) is 0 Å². The zero-order chi connectivity index (χ0) is 24.9. The molecule has 0 aromatic heterocycles. The van der Waals surface area contributed by atoms with Crippen molar-refractivity contribution in [1.29, 1.82) is 0 Å². The molecule has 5 nitrogen and oxygen atoms in total. The highest BCUT2D eigenvalue weighted by Gasteiger charge is 2.31. The molecule has 1 atom stereocenters. The van der Waals surface area contributed by atoms with Crippen molar-refractivity contribution in [2.24, 2.45) is 0 Å². The Kier molecular flexibility index (Phi) is 10.5. The molecule has 0 saturated carbocycles. The number of rotatable bonds is 13. The fourth-order valence-corrected chi connectivity index (χ4v) is 3.88. The normalized spacial score (nSPS) is 11.6. The van der Waals surface area contributed by atoms with Gasteiger partial charge >= 0.3 is 0 Å². The minimum absolute atomic E-state index is 0.142. The zero-order valence-corrected chi connectivity index (χ0v) is 20.2. The Balaban J connectivity index is 1.85. The number of carbonyl (C=O) groups is 2. The van der Waals surface area contributed by atoms with Crippen molar-refractivity contribution in [3.05, 3.63) is 107 Å². The number of ether oxygens (including phenoxy) is 1. The van der Waals surface area contributed by atoms with Crippen LogP contribution in [0.25, 0.3) is 0 Å². The van der Waals surface area contributed by atoms with Gasteiger partial charge in [0.05, 0.1) is 0 Å². The Hall–Kier alpha value is -3.51. The van der Waals surface area contributed by atoms with Gasteiger partial charge in [0.25, 0.3) is 0 Å². The average Bonchev–Trinajstić information content (AvgIpc) is 2.89. The first-order chi connectivity index (χ1) is 17.1. The number of aryl methyl sites for hydroxylation is 1. The van der Waals surface area contributed by atoms with Gasteiger partial charge in [-0.2, -0.15) is 0 Å². The van der Waals surface area contributed by atoms with Crippen LogP contribution in [0.4, 0.5) is 4.39 Å². The predicted octanol–water partition coefficient (Wildman–Crippen LogP) is 5.07. The van der Waals surface area contributed by atoms with E-state index in [0.29, 0.717) is 32.6 Å². The molecule has 0 saturated heterocycles. The van der Waals surface area contributed by atoms with E-state index >= 15 is 0 Å². The molecular formula is C29H33FN2O3. The highest BCUT2D eigenvalue weighted by Crippen LogP contribution is 2.25. The first-order valence-corrected chi connectivity index (χ1v) is 12.1. The maximum atomic E-state index is 13.6. The molecule has 0 aliphatic heterocycles. The first-order valence-electron chi connectivity index (χ1n) is 12.1. The van der Waals surface area contributed by atoms with Gasteiger partial charge < -0.3 is 15.0 Å². The van der Waals surface area contributed by atoms with Crippen LogP contribution in [-0.2, 0) is 27.3 Å². The van der Waals surface area contributed by atoms with Crippen molar-refractivity contribution < 1.29 is 18.7 Å². The number of carbonyl (C=O) groups excluding carboxylic acids is 2. The van der Waals surface area contributed by atoms with Crippen LogP contribution < -0.4 is 5.32 Å². The van der Waals surface area contributed by atoms with E-state index < -0.39 is 6.04 Å². The maximum absolute atomic E-state index is 13.6. The van der Waals surface area contributed by atoms with Gasteiger partial charge in [-0.05, 0) is 48.6 Å². The highest BCUT2D eigenvalue weighted by molar-refractivity contribution is 5.88. The number of benzene rings is 3. The second-order valence-electron chi connectivity index (χ2n) is 8.29. The predicted molar refractivity (Wildman–Crippen MR) is 135 cm³/mol. The SMILES string of the molecule is CCOCCCNC(=O)C(c1ccccc1)N(Cc1ccc(F)cc1)C(=O)CCc1ccccc1. The van der Waals surface area contributed by atoms with Crippen LogP contribution in [0.2, 0.25) is 0 Å². The van der Waals surface area contributed by atoms with Crippen LogP contribution in [0.5, 0.6) is 0 Å². The third kappa shape index (κ3) is 8.34. The molecular weight excluding hydrogens is 443 g/mol. The van der Waals surface area contributed by atoms with E-state index in [1.807, 2.05) is 67.6 Å². The van der Waals surface area contributed by atoms with Crippen LogP contribution in [0.3, 0.4) is 0 Å². The maximum Gasteiger partial charge on any atom is 0.247 e. The Morgan fingerprint density at radius 1 is 0.914 bits per heavy atom. The van der Waals surface area contributed by atoms with E-state index in [1.165, 1.54) is 12.1 Å². The van der Waals surface area contributed by atoms with E-state index in [9.17, 15) is 14.0 Å². The summed E-state index contributed by atoms with van der Waals surface area (Å²) in [5.74, 6) is -0.735. The number of hydrogen-bond donors (Lipinski definition) is 1. The summed E-state index contributed by atoms with van der Waals surface area (Å²) in [5, 5.41) is 2.97. The molecule has 0 aliphatic rings. The van der Waals surface area contributed by atoms with Gasteiger partial charge in [0.2, 0.25) is 11.8 Å². The Labute approximate surface area is 206 Å². The molecule has 184 valence electrons. The Morgan fingerprint density at radius 3 is 2.23 bits per heavy atom. The molecule has 0 spiro atoms. The largest absolute Gasteiger partial charge is 0.382 e. The number of halogens is 1. The third-order valence-electron chi connectivity index (χ3n) is 5.70. The molecule has 2 amide bonds. The van der Waals surface area contributed by atoms with Gasteiger partial charge in [-0.3, -0.25) is 9.59 Å². The minimum atomic E-state index is -0.809. The molecule has 1 unspecified atom stereocenters. The smallest absolute Gasteiger partial charge is 0.247 e. The molecule has 0 fully saturated rings. The van der Waals surface area contributed by atoms with Gasteiger partial charge in [-0.1, -0.05) is 72.8 Å². The van der Waals surface area contributed by atoms with Crippen LogP contribution in [0, 0.1) is 5.82 Å². The van der Waals surface area contributed by atoms with E-state index in [1.54, 1.807) is 17.0 Å². The molecule has 35 heavy (non-hydrogen) atoms. The quantitative estimate of drug-likeness (QED) is 0.351. The molecule has 3 aromatic rings. The summed E-state index contributed by atoms with van der Waals surface area (Å²) in [7, 11) is 0. The van der Waals surface area contributed by atoms with E-state index in [0.717, 1.165) is 16.7 Å². The van der Waals surface area contributed by atoms with Crippen molar-refractivity contribution in [3.8, 4) is 0 Å². The van der Waals surface area contributed by atoms with Crippen LogP contribution in [-0.4, -0.2) is 36.5 Å². The third-order valence-corrected chi connectivity index (χ3v) is 5.70. The summed E-state index contributed by atoms with van der Waals surface area (Å²) in [5.41, 5.74) is 2.54. The van der Waals surface area contributed by atoms with E-state index in [4.69, 9.17) is 4.74 Å². The lowest BCUT2D eigenvalue weighted by Crippen LogP contribution is -2.43. The fourth-order valence-electron chi connectivity index (χ4n) is 3.88.